The van der Waals surface area contributed by atoms with E-state index >= 15 is 0 Å². The number of hydrogen-bond donors (Lipinski definition) is 1. The second kappa shape index (κ2) is 7.32. The number of rotatable bonds is 5. The highest BCUT2D eigenvalue weighted by molar-refractivity contribution is 5.90. The van der Waals surface area contributed by atoms with Crippen LogP contribution in [0.5, 0.6) is 0 Å². The predicted molar refractivity (Wildman–Crippen MR) is 84.3 cm³/mol. The average Bonchev–Trinajstić information content (AvgIpc) is 3.12. The van der Waals surface area contributed by atoms with E-state index in [0.29, 0.717) is 11.9 Å². The minimum Gasteiger partial charge on any atom is -0.379 e. The number of carbonyl (C=O) groups is 1. The third-order valence-corrected chi connectivity index (χ3v) is 4.02. The minimum absolute atomic E-state index is 0.166. The Kier molecular flexibility index (Phi) is 4.97. The van der Waals surface area contributed by atoms with E-state index in [1.165, 1.54) is 0 Å². The van der Waals surface area contributed by atoms with Crippen LogP contribution >= 0.6 is 0 Å². The van der Waals surface area contributed by atoms with Gasteiger partial charge in [0.05, 0.1) is 6.10 Å². The number of carbonyl (C=O) groups excluding carboxylic acids is 1. The largest absolute Gasteiger partial charge is 0.379 e. The van der Waals surface area contributed by atoms with Crippen LogP contribution in [0.4, 0.5) is 0 Å². The molecule has 1 fully saturated rings. The Labute approximate surface area is 135 Å². The van der Waals surface area contributed by atoms with Crippen molar-refractivity contribution in [2.45, 2.75) is 44.8 Å². The van der Waals surface area contributed by atoms with Gasteiger partial charge in [-0.2, -0.15) is 0 Å². The molecule has 0 radical (unpaired) electrons. The molecule has 1 aliphatic rings. The van der Waals surface area contributed by atoms with Gasteiger partial charge in [-0.25, -0.2) is 15.0 Å². The number of hydrogen-bond acceptors (Lipinski definition) is 5. The van der Waals surface area contributed by atoms with Gasteiger partial charge in [0.1, 0.15) is 12.1 Å². The van der Waals surface area contributed by atoms with E-state index in [-0.39, 0.29) is 17.8 Å². The van der Waals surface area contributed by atoms with Gasteiger partial charge in [-0.15, -0.1) is 0 Å². The van der Waals surface area contributed by atoms with Gasteiger partial charge in [-0.1, -0.05) is 0 Å². The predicted octanol–water partition coefficient (Wildman–Crippen LogP) is 1.74. The van der Waals surface area contributed by atoms with Gasteiger partial charge in [0.25, 0.3) is 5.91 Å². The lowest BCUT2D eigenvalue weighted by Crippen LogP contribution is -2.39. The highest BCUT2D eigenvalue weighted by Crippen LogP contribution is 2.21. The summed E-state index contributed by atoms with van der Waals surface area (Å²) in [5.41, 5.74) is 0. The maximum absolute atomic E-state index is 12.3. The maximum Gasteiger partial charge on any atom is 0.289 e. The van der Waals surface area contributed by atoms with Crippen molar-refractivity contribution in [2.75, 3.05) is 6.61 Å². The molecule has 0 aliphatic heterocycles. The summed E-state index contributed by atoms with van der Waals surface area (Å²) < 4.78 is 7.37. The van der Waals surface area contributed by atoms with Crippen LogP contribution in [0.1, 0.15) is 43.2 Å². The lowest BCUT2D eigenvalue weighted by molar-refractivity contribution is 0.0299. The van der Waals surface area contributed by atoms with Crippen LogP contribution in [0, 0.1) is 0 Å². The SMILES string of the molecule is CCOC1CCC(NC(=O)c2nccc(-n3ccnc3)n2)CC1. The molecule has 0 saturated heterocycles. The summed E-state index contributed by atoms with van der Waals surface area (Å²) in [5.74, 6) is 0.581. The fourth-order valence-electron chi connectivity index (χ4n) is 2.86. The Bertz CT molecular complexity index is 636. The Balaban J connectivity index is 1.60. The van der Waals surface area contributed by atoms with Gasteiger partial charge < -0.3 is 10.1 Å². The first-order valence-corrected chi connectivity index (χ1v) is 8.00. The minimum atomic E-state index is -0.230. The van der Waals surface area contributed by atoms with Crippen LogP contribution in [0.25, 0.3) is 5.82 Å². The molecule has 1 N–H and O–H groups in total. The number of nitrogens with one attached hydrogen (secondary N) is 1. The molecule has 0 spiro atoms. The van der Waals surface area contributed by atoms with Crippen LogP contribution < -0.4 is 5.32 Å². The van der Waals surface area contributed by atoms with Gasteiger partial charge in [0.15, 0.2) is 0 Å². The molecular weight excluding hydrogens is 294 g/mol. The first-order valence-electron chi connectivity index (χ1n) is 8.00. The van der Waals surface area contributed by atoms with Crippen molar-refractivity contribution < 1.29 is 9.53 Å². The Hall–Kier alpha value is -2.28. The zero-order valence-corrected chi connectivity index (χ0v) is 13.2. The summed E-state index contributed by atoms with van der Waals surface area (Å²) in [6.45, 7) is 2.76. The van der Waals surface area contributed by atoms with E-state index in [9.17, 15) is 4.79 Å². The number of imidazole rings is 1. The molecular formula is C16H21N5O2. The smallest absolute Gasteiger partial charge is 0.289 e. The molecule has 1 saturated carbocycles. The zero-order chi connectivity index (χ0) is 16.1. The molecule has 1 aliphatic carbocycles. The summed E-state index contributed by atoms with van der Waals surface area (Å²) >= 11 is 0. The second-order valence-corrected chi connectivity index (χ2v) is 5.61. The number of nitrogens with zero attached hydrogens (tertiary/aromatic N) is 4. The van der Waals surface area contributed by atoms with Crippen molar-refractivity contribution in [3.63, 3.8) is 0 Å². The van der Waals surface area contributed by atoms with E-state index in [1.54, 1.807) is 35.6 Å². The van der Waals surface area contributed by atoms with E-state index < -0.39 is 0 Å². The van der Waals surface area contributed by atoms with Crippen molar-refractivity contribution in [1.82, 2.24) is 24.8 Å². The molecule has 0 aromatic carbocycles. The number of ether oxygens (including phenoxy) is 1. The van der Waals surface area contributed by atoms with Crippen LogP contribution in [-0.2, 0) is 4.74 Å². The van der Waals surface area contributed by atoms with Crippen molar-refractivity contribution in [1.29, 1.82) is 0 Å². The molecule has 0 bridgehead atoms. The second-order valence-electron chi connectivity index (χ2n) is 5.61. The van der Waals surface area contributed by atoms with Crippen molar-refractivity contribution in [3.8, 4) is 5.82 Å². The van der Waals surface area contributed by atoms with Gasteiger partial charge in [-0.05, 0) is 38.7 Å². The first kappa shape index (κ1) is 15.6. The molecule has 0 unspecified atom stereocenters. The van der Waals surface area contributed by atoms with E-state index in [4.69, 9.17) is 4.74 Å². The third-order valence-electron chi connectivity index (χ3n) is 4.02. The van der Waals surface area contributed by atoms with Crippen LogP contribution in [0.15, 0.2) is 31.0 Å². The topological polar surface area (TPSA) is 81.9 Å². The molecule has 2 aromatic heterocycles. The summed E-state index contributed by atoms with van der Waals surface area (Å²) in [5, 5.41) is 3.03. The highest BCUT2D eigenvalue weighted by atomic mass is 16.5. The molecule has 2 heterocycles. The van der Waals surface area contributed by atoms with Crippen molar-refractivity contribution in [2.24, 2.45) is 0 Å². The van der Waals surface area contributed by atoms with E-state index in [2.05, 4.69) is 20.3 Å². The Morgan fingerprint density at radius 1 is 1.35 bits per heavy atom. The summed E-state index contributed by atoms with van der Waals surface area (Å²) in [7, 11) is 0. The van der Waals surface area contributed by atoms with Crippen LogP contribution in [-0.4, -0.2) is 44.2 Å². The normalized spacial score (nSPS) is 21.1. The molecule has 7 heteroatoms. The molecule has 23 heavy (non-hydrogen) atoms. The Morgan fingerprint density at radius 2 is 2.17 bits per heavy atom. The fraction of sp³-hybridized carbons (Fsp3) is 0.500. The van der Waals surface area contributed by atoms with Crippen LogP contribution in [0.3, 0.4) is 0 Å². The zero-order valence-electron chi connectivity index (χ0n) is 13.2. The molecule has 122 valence electrons. The number of aromatic nitrogens is 4. The monoisotopic (exact) mass is 315 g/mol. The van der Waals surface area contributed by atoms with Crippen molar-refractivity contribution >= 4 is 5.91 Å². The number of amides is 1. The van der Waals surface area contributed by atoms with Gasteiger partial charge >= 0.3 is 0 Å². The Morgan fingerprint density at radius 3 is 2.87 bits per heavy atom. The molecule has 0 atom stereocenters. The summed E-state index contributed by atoms with van der Waals surface area (Å²) in [4.78, 5) is 24.7. The molecule has 3 rings (SSSR count). The quantitative estimate of drug-likeness (QED) is 0.909. The first-order chi connectivity index (χ1) is 11.3. The van der Waals surface area contributed by atoms with Crippen molar-refractivity contribution in [3.05, 3.63) is 36.8 Å². The van der Waals surface area contributed by atoms with Gasteiger partial charge in [0, 0.05) is 31.2 Å². The van der Waals surface area contributed by atoms with Gasteiger partial charge in [-0.3, -0.25) is 9.36 Å². The molecule has 7 nitrogen and oxygen atoms in total. The van der Waals surface area contributed by atoms with E-state index in [0.717, 1.165) is 32.3 Å². The molecule has 2 aromatic rings. The fourth-order valence-corrected chi connectivity index (χ4v) is 2.86. The lowest BCUT2D eigenvalue weighted by atomic mass is 9.93. The summed E-state index contributed by atoms with van der Waals surface area (Å²) in [6.07, 6.45) is 10.8. The lowest BCUT2D eigenvalue weighted by Gasteiger charge is -2.28. The third kappa shape index (κ3) is 3.92. The average molecular weight is 315 g/mol. The van der Waals surface area contributed by atoms with Gasteiger partial charge in [0.2, 0.25) is 5.82 Å². The molecule has 1 amide bonds. The maximum atomic E-state index is 12.3. The van der Waals surface area contributed by atoms with Crippen LogP contribution in [0.2, 0.25) is 0 Å². The highest BCUT2D eigenvalue weighted by Gasteiger charge is 2.23. The standard InChI is InChI=1S/C16H21N5O2/c1-2-23-13-5-3-12(4-6-13)19-16(22)15-18-8-7-14(20-15)21-10-9-17-11-21/h7-13H,2-6H2,1H3,(H,19,22). The van der Waals surface area contributed by atoms with E-state index in [1.807, 2.05) is 6.92 Å². The summed E-state index contributed by atoms with van der Waals surface area (Å²) in [6, 6.07) is 1.91.